The van der Waals surface area contributed by atoms with Crippen molar-refractivity contribution in [3.8, 4) is 0 Å². The highest BCUT2D eigenvalue weighted by Gasteiger charge is 2.33. The molecule has 0 fully saturated rings. The Balaban J connectivity index is 2.06. The van der Waals surface area contributed by atoms with Crippen LogP contribution in [0.4, 0.5) is 0 Å². The van der Waals surface area contributed by atoms with Crippen molar-refractivity contribution < 1.29 is 9.47 Å². The van der Waals surface area contributed by atoms with E-state index in [1.54, 1.807) is 14.2 Å². The first-order valence-electron chi connectivity index (χ1n) is 6.83. The molecular weight excluding hydrogens is 240 g/mol. The zero-order valence-electron chi connectivity index (χ0n) is 11.8. The normalized spacial score (nSPS) is 21.9. The molecule has 0 amide bonds. The second-order valence-electron chi connectivity index (χ2n) is 5.02. The second-order valence-corrected chi connectivity index (χ2v) is 5.02. The van der Waals surface area contributed by atoms with Crippen LogP contribution in [0.5, 0.6) is 0 Å². The van der Waals surface area contributed by atoms with Crippen molar-refractivity contribution in [2.45, 2.75) is 18.5 Å². The highest BCUT2D eigenvalue weighted by Crippen LogP contribution is 2.32. The van der Waals surface area contributed by atoms with E-state index in [1.807, 2.05) is 0 Å². The molecule has 0 saturated heterocycles. The summed E-state index contributed by atoms with van der Waals surface area (Å²) in [5.74, 6) is 0. The van der Waals surface area contributed by atoms with E-state index in [4.69, 9.17) is 15.2 Å². The molecule has 2 unspecified atom stereocenters. The molecule has 0 saturated carbocycles. The Kier molecular flexibility index (Phi) is 5.34. The fourth-order valence-corrected chi connectivity index (χ4v) is 2.82. The zero-order valence-corrected chi connectivity index (χ0v) is 11.8. The SMILES string of the molecule is COCCN(CCOC)C1Cc2ccccc2C1N. The molecule has 106 valence electrons. The molecule has 0 radical (unpaired) electrons. The minimum atomic E-state index is 0.0879. The Morgan fingerprint density at radius 1 is 1.16 bits per heavy atom. The van der Waals surface area contributed by atoms with Crippen LogP contribution < -0.4 is 5.73 Å². The van der Waals surface area contributed by atoms with Crippen molar-refractivity contribution in [3.05, 3.63) is 35.4 Å². The first-order chi connectivity index (χ1) is 9.27. The maximum absolute atomic E-state index is 6.41. The average Bonchev–Trinajstić information content (AvgIpc) is 2.77. The van der Waals surface area contributed by atoms with Gasteiger partial charge < -0.3 is 15.2 Å². The van der Waals surface area contributed by atoms with Crippen LogP contribution in [0.25, 0.3) is 0 Å². The molecule has 1 aliphatic carbocycles. The van der Waals surface area contributed by atoms with Crippen LogP contribution in [0.2, 0.25) is 0 Å². The van der Waals surface area contributed by atoms with Gasteiger partial charge in [0.2, 0.25) is 0 Å². The summed E-state index contributed by atoms with van der Waals surface area (Å²) in [6, 6.07) is 8.91. The van der Waals surface area contributed by atoms with Gasteiger partial charge in [-0.3, -0.25) is 4.90 Å². The van der Waals surface area contributed by atoms with Crippen LogP contribution in [-0.2, 0) is 15.9 Å². The molecule has 0 bridgehead atoms. The van der Waals surface area contributed by atoms with E-state index in [0.717, 1.165) is 32.7 Å². The first-order valence-corrected chi connectivity index (χ1v) is 6.83. The molecule has 0 aromatic heterocycles. The first kappa shape index (κ1) is 14.5. The summed E-state index contributed by atoms with van der Waals surface area (Å²) in [7, 11) is 3.47. The Morgan fingerprint density at radius 3 is 2.37 bits per heavy atom. The van der Waals surface area contributed by atoms with Crippen LogP contribution in [0, 0.1) is 0 Å². The summed E-state index contributed by atoms with van der Waals surface area (Å²) in [6.07, 6.45) is 1.02. The summed E-state index contributed by atoms with van der Waals surface area (Å²) < 4.78 is 10.4. The quantitative estimate of drug-likeness (QED) is 0.804. The van der Waals surface area contributed by atoms with E-state index in [2.05, 4.69) is 29.2 Å². The van der Waals surface area contributed by atoms with Gasteiger partial charge in [-0.05, 0) is 17.5 Å². The van der Waals surface area contributed by atoms with Crippen molar-refractivity contribution in [2.75, 3.05) is 40.5 Å². The molecule has 0 aliphatic heterocycles. The van der Waals surface area contributed by atoms with Crippen molar-refractivity contribution in [3.63, 3.8) is 0 Å². The number of hydrogen-bond acceptors (Lipinski definition) is 4. The summed E-state index contributed by atoms with van der Waals surface area (Å²) in [5, 5.41) is 0. The molecule has 1 aliphatic rings. The number of methoxy groups -OCH3 is 2. The van der Waals surface area contributed by atoms with Crippen LogP contribution in [0.15, 0.2) is 24.3 Å². The number of ether oxygens (including phenoxy) is 2. The summed E-state index contributed by atoms with van der Waals surface area (Å²) in [5.41, 5.74) is 9.07. The smallest absolute Gasteiger partial charge is 0.0589 e. The molecule has 4 nitrogen and oxygen atoms in total. The molecule has 2 N–H and O–H groups in total. The molecule has 1 aromatic rings. The fraction of sp³-hybridized carbons (Fsp3) is 0.600. The van der Waals surface area contributed by atoms with E-state index in [9.17, 15) is 0 Å². The Morgan fingerprint density at radius 2 is 1.79 bits per heavy atom. The van der Waals surface area contributed by atoms with E-state index >= 15 is 0 Å². The number of rotatable bonds is 7. The molecule has 2 atom stereocenters. The van der Waals surface area contributed by atoms with Gasteiger partial charge in [0.1, 0.15) is 0 Å². The third kappa shape index (κ3) is 3.34. The predicted octanol–water partition coefficient (Wildman–Crippen LogP) is 1.21. The number of nitrogens with two attached hydrogens (primary N) is 1. The van der Waals surface area contributed by atoms with Gasteiger partial charge in [0, 0.05) is 39.4 Å². The Labute approximate surface area is 115 Å². The highest BCUT2D eigenvalue weighted by atomic mass is 16.5. The summed E-state index contributed by atoms with van der Waals surface area (Å²) >= 11 is 0. The van der Waals surface area contributed by atoms with Gasteiger partial charge >= 0.3 is 0 Å². The van der Waals surface area contributed by atoms with Gasteiger partial charge in [-0.2, -0.15) is 0 Å². The Bertz CT molecular complexity index is 389. The van der Waals surface area contributed by atoms with E-state index in [-0.39, 0.29) is 6.04 Å². The average molecular weight is 264 g/mol. The molecule has 0 heterocycles. The fourth-order valence-electron chi connectivity index (χ4n) is 2.82. The number of fused-ring (bicyclic) bond motifs is 1. The van der Waals surface area contributed by atoms with Crippen molar-refractivity contribution in [1.29, 1.82) is 0 Å². The van der Waals surface area contributed by atoms with E-state index in [1.165, 1.54) is 11.1 Å². The Hall–Kier alpha value is -0.940. The van der Waals surface area contributed by atoms with Crippen LogP contribution in [-0.4, -0.2) is 51.5 Å². The number of nitrogens with zero attached hydrogens (tertiary/aromatic N) is 1. The highest BCUT2D eigenvalue weighted by molar-refractivity contribution is 5.36. The third-order valence-electron chi connectivity index (χ3n) is 3.89. The van der Waals surface area contributed by atoms with Crippen molar-refractivity contribution >= 4 is 0 Å². The van der Waals surface area contributed by atoms with Gasteiger partial charge in [0.05, 0.1) is 13.2 Å². The molecular formula is C15H24N2O2. The van der Waals surface area contributed by atoms with Crippen LogP contribution in [0.1, 0.15) is 17.2 Å². The van der Waals surface area contributed by atoms with Gasteiger partial charge in [-0.25, -0.2) is 0 Å². The summed E-state index contributed by atoms with van der Waals surface area (Å²) in [6.45, 7) is 3.24. The second kappa shape index (κ2) is 7.01. The molecule has 19 heavy (non-hydrogen) atoms. The zero-order chi connectivity index (χ0) is 13.7. The topological polar surface area (TPSA) is 47.7 Å². The standard InChI is InChI=1S/C15H24N2O2/c1-18-9-7-17(8-10-19-2)14-11-12-5-3-4-6-13(12)15(14)16/h3-6,14-15H,7-11,16H2,1-2H3. The van der Waals surface area contributed by atoms with Crippen LogP contribution in [0.3, 0.4) is 0 Å². The van der Waals surface area contributed by atoms with Gasteiger partial charge in [-0.1, -0.05) is 24.3 Å². The lowest BCUT2D eigenvalue weighted by Crippen LogP contribution is -2.44. The van der Waals surface area contributed by atoms with Crippen molar-refractivity contribution in [1.82, 2.24) is 4.90 Å². The van der Waals surface area contributed by atoms with Gasteiger partial charge in [0.15, 0.2) is 0 Å². The lowest BCUT2D eigenvalue weighted by molar-refractivity contribution is 0.0822. The summed E-state index contributed by atoms with van der Waals surface area (Å²) in [4.78, 5) is 2.39. The maximum atomic E-state index is 6.41. The van der Waals surface area contributed by atoms with Crippen molar-refractivity contribution in [2.24, 2.45) is 5.73 Å². The molecule has 1 aromatic carbocycles. The number of hydrogen-bond donors (Lipinski definition) is 1. The molecule has 0 spiro atoms. The monoisotopic (exact) mass is 264 g/mol. The third-order valence-corrected chi connectivity index (χ3v) is 3.89. The minimum Gasteiger partial charge on any atom is -0.383 e. The molecule has 4 heteroatoms. The largest absolute Gasteiger partial charge is 0.383 e. The number of benzene rings is 1. The van der Waals surface area contributed by atoms with E-state index < -0.39 is 0 Å². The maximum Gasteiger partial charge on any atom is 0.0589 e. The van der Waals surface area contributed by atoms with Crippen LogP contribution >= 0.6 is 0 Å². The molecule has 2 rings (SSSR count). The lowest BCUT2D eigenvalue weighted by atomic mass is 10.1. The predicted molar refractivity (Wildman–Crippen MR) is 76.2 cm³/mol. The van der Waals surface area contributed by atoms with E-state index in [0.29, 0.717) is 6.04 Å². The van der Waals surface area contributed by atoms with Gasteiger partial charge in [0.25, 0.3) is 0 Å². The van der Waals surface area contributed by atoms with Gasteiger partial charge in [-0.15, -0.1) is 0 Å². The minimum absolute atomic E-state index is 0.0879. The lowest BCUT2D eigenvalue weighted by Gasteiger charge is -2.31.